The van der Waals surface area contributed by atoms with Gasteiger partial charge >= 0.3 is 0 Å². The van der Waals surface area contributed by atoms with E-state index < -0.39 is 0 Å². The molecule has 0 saturated heterocycles. The van der Waals surface area contributed by atoms with Crippen LogP contribution >= 0.6 is 0 Å². The highest BCUT2D eigenvalue weighted by Gasteiger charge is 2.31. The van der Waals surface area contributed by atoms with E-state index in [1.54, 1.807) is 14.2 Å². The minimum absolute atomic E-state index is 0.136. The van der Waals surface area contributed by atoms with Crippen molar-refractivity contribution in [2.75, 3.05) is 27.8 Å². The summed E-state index contributed by atoms with van der Waals surface area (Å²) in [4.78, 5) is 17.1. The molecule has 0 spiro atoms. The van der Waals surface area contributed by atoms with E-state index in [9.17, 15) is 4.79 Å². The lowest BCUT2D eigenvalue weighted by Crippen LogP contribution is -2.39. The number of fused-ring (bicyclic) bond motifs is 1. The van der Waals surface area contributed by atoms with Crippen molar-refractivity contribution in [2.24, 2.45) is 0 Å². The van der Waals surface area contributed by atoms with Gasteiger partial charge in [0.15, 0.2) is 0 Å². The van der Waals surface area contributed by atoms with Gasteiger partial charge in [-0.1, -0.05) is 36.4 Å². The van der Waals surface area contributed by atoms with Gasteiger partial charge < -0.3 is 14.4 Å². The first-order chi connectivity index (χ1) is 15.1. The number of carbonyl (C=O) groups is 1. The molecule has 5 nitrogen and oxygen atoms in total. The molecular formula is C26H30N2O3. The van der Waals surface area contributed by atoms with E-state index in [-0.39, 0.29) is 5.91 Å². The predicted octanol–water partition coefficient (Wildman–Crippen LogP) is 4.48. The normalized spacial score (nSPS) is 13.4. The van der Waals surface area contributed by atoms with Gasteiger partial charge in [-0.25, -0.2) is 0 Å². The Labute approximate surface area is 184 Å². The first kappa shape index (κ1) is 21.2. The number of amides is 1. The molecule has 0 radical (unpaired) electrons. The monoisotopic (exact) mass is 418 g/mol. The number of para-hydroxylation sites is 1. The summed E-state index contributed by atoms with van der Waals surface area (Å²) in [5.74, 6) is 1.86. The van der Waals surface area contributed by atoms with Crippen molar-refractivity contribution in [2.45, 2.75) is 32.0 Å². The number of nitrogens with zero attached hydrogens (tertiary/aromatic N) is 2. The SMILES string of the molecule is COc1ccc2cc(CN(C)C(=O)CN(Cc3ccccc3OC)C3CC3)ccc2c1. The Morgan fingerprint density at radius 1 is 0.935 bits per heavy atom. The van der Waals surface area contributed by atoms with Crippen LogP contribution in [0.1, 0.15) is 24.0 Å². The molecule has 4 rings (SSSR count). The van der Waals surface area contributed by atoms with Crippen molar-refractivity contribution in [3.05, 3.63) is 71.8 Å². The fraction of sp³-hybridized carbons (Fsp3) is 0.346. The third-order valence-electron chi connectivity index (χ3n) is 5.92. The quantitative estimate of drug-likeness (QED) is 0.514. The first-order valence-corrected chi connectivity index (χ1v) is 10.7. The van der Waals surface area contributed by atoms with Crippen molar-refractivity contribution in [1.82, 2.24) is 9.80 Å². The van der Waals surface area contributed by atoms with Crippen LogP contribution in [0.5, 0.6) is 11.5 Å². The van der Waals surface area contributed by atoms with Gasteiger partial charge in [-0.15, -0.1) is 0 Å². The molecule has 1 aliphatic carbocycles. The zero-order valence-electron chi connectivity index (χ0n) is 18.5. The maximum atomic E-state index is 13.0. The Bertz CT molecular complexity index is 1060. The van der Waals surface area contributed by atoms with Crippen LogP contribution in [0.3, 0.4) is 0 Å². The molecule has 0 atom stereocenters. The highest BCUT2D eigenvalue weighted by molar-refractivity contribution is 5.84. The summed E-state index contributed by atoms with van der Waals surface area (Å²) >= 11 is 0. The van der Waals surface area contributed by atoms with Gasteiger partial charge in [-0.3, -0.25) is 9.69 Å². The summed E-state index contributed by atoms with van der Waals surface area (Å²) in [6.45, 7) is 1.74. The van der Waals surface area contributed by atoms with Crippen LogP contribution < -0.4 is 9.47 Å². The molecule has 0 aromatic heterocycles. The number of hydrogen-bond acceptors (Lipinski definition) is 4. The average molecular weight is 419 g/mol. The third kappa shape index (κ3) is 5.17. The molecule has 1 saturated carbocycles. The standard InChI is InChI=1S/C26H30N2O3/c1-27(16-19-8-9-21-15-24(30-2)13-10-20(21)14-19)26(29)18-28(23-11-12-23)17-22-6-4-5-7-25(22)31-3/h4-10,13-15,23H,11-12,16-18H2,1-3H3. The Hall–Kier alpha value is -3.05. The van der Waals surface area contributed by atoms with Gasteiger partial charge in [0.2, 0.25) is 5.91 Å². The minimum atomic E-state index is 0.136. The molecule has 3 aromatic rings. The molecule has 0 N–H and O–H groups in total. The molecule has 1 fully saturated rings. The van der Waals surface area contributed by atoms with Crippen LogP contribution in [-0.4, -0.2) is 49.6 Å². The lowest BCUT2D eigenvalue weighted by atomic mass is 10.1. The maximum absolute atomic E-state index is 13.0. The predicted molar refractivity (Wildman–Crippen MR) is 123 cm³/mol. The highest BCUT2D eigenvalue weighted by Crippen LogP contribution is 2.30. The lowest BCUT2D eigenvalue weighted by molar-refractivity contribution is -0.132. The van der Waals surface area contributed by atoms with Crippen LogP contribution in [0, 0.1) is 0 Å². The van der Waals surface area contributed by atoms with Gasteiger partial charge in [0.1, 0.15) is 11.5 Å². The fourth-order valence-electron chi connectivity index (χ4n) is 3.96. The number of rotatable bonds is 9. The van der Waals surface area contributed by atoms with Crippen molar-refractivity contribution in [1.29, 1.82) is 0 Å². The zero-order chi connectivity index (χ0) is 21.8. The topological polar surface area (TPSA) is 42.0 Å². The summed E-state index contributed by atoms with van der Waals surface area (Å²) in [5.41, 5.74) is 2.24. The minimum Gasteiger partial charge on any atom is -0.497 e. The van der Waals surface area contributed by atoms with Crippen molar-refractivity contribution >= 4 is 16.7 Å². The summed E-state index contributed by atoms with van der Waals surface area (Å²) in [6, 6.07) is 20.9. The Balaban J connectivity index is 1.41. The second-order valence-corrected chi connectivity index (χ2v) is 8.25. The fourth-order valence-corrected chi connectivity index (χ4v) is 3.96. The second kappa shape index (κ2) is 9.40. The van der Waals surface area contributed by atoms with Gasteiger partial charge in [-0.2, -0.15) is 0 Å². The second-order valence-electron chi connectivity index (χ2n) is 8.25. The number of benzene rings is 3. The van der Waals surface area contributed by atoms with E-state index >= 15 is 0 Å². The molecule has 0 unspecified atom stereocenters. The maximum Gasteiger partial charge on any atom is 0.236 e. The molecule has 1 amide bonds. The highest BCUT2D eigenvalue weighted by atomic mass is 16.5. The van der Waals surface area contributed by atoms with Gasteiger partial charge in [0, 0.05) is 31.7 Å². The smallest absolute Gasteiger partial charge is 0.236 e. The molecule has 0 heterocycles. The zero-order valence-corrected chi connectivity index (χ0v) is 18.5. The average Bonchev–Trinajstić information content (AvgIpc) is 3.64. The molecule has 1 aliphatic rings. The molecule has 3 aromatic carbocycles. The van der Waals surface area contributed by atoms with E-state index in [0.717, 1.165) is 52.8 Å². The number of likely N-dealkylation sites (N-methyl/N-ethyl adjacent to an activating group) is 1. The molecule has 162 valence electrons. The Morgan fingerprint density at radius 3 is 2.42 bits per heavy atom. The molecule has 0 bridgehead atoms. The van der Waals surface area contributed by atoms with Gasteiger partial charge in [0.25, 0.3) is 0 Å². The summed E-state index contributed by atoms with van der Waals surface area (Å²) in [6.07, 6.45) is 2.31. The molecule has 31 heavy (non-hydrogen) atoms. The lowest BCUT2D eigenvalue weighted by Gasteiger charge is -2.26. The Kier molecular flexibility index (Phi) is 6.42. The van der Waals surface area contributed by atoms with Gasteiger partial charge in [-0.05, 0) is 53.4 Å². The number of methoxy groups -OCH3 is 2. The van der Waals surface area contributed by atoms with E-state index in [1.807, 2.05) is 42.3 Å². The largest absolute Gasteiger partial charge is 0.497 e. The van der Waals surface area contributed by atoms with E-state index in [4.69, 9.17) is 9.47 Å². The molecule has 0 aliphatic heterocycles. The van der Waals surface area contributed by atoms with Crippen molar-refractivity contribution < 1.29 is 14.3 Å². The summed E-state index contributed by atoms with van der Waals surface area (Å²) in [5, 5.41) is 2.28. The van der Waals surface area contributed by atoms with Crippen LogP contribution in [0.4, 0.5) is 0 Å². The third-order valence-corrected chi connectivity index (χ3v) is 5.92. The van der Waals surface area contributed by atoms with E-state index in [1.165, 1.54) is 0 Å². The van der Waals surface area contributed by atoms with E-state index in [0.29, 0.717) is 19.1 Å². The summed E-state index contributed by atoms with van der Waals surface area (Å²) < 4.78 is 10.8. The van der Waals surface area contributed by atoms with Crippen molar-refractivity contribution in [3.8, 4) is 11.5 Å². The summed E-state index contributed by atoms with van der Waals surface area (Å²) in [7, 11) is 5.25. The van der Waals surface area contributed by atoms with Gasteiger partial charge in [0.05, 0.1) is 20.8 Å². The number of hydrogen-bond donors (Lipinski definition) is 0. The Morgan fingerprint density at radius 2 is 1.68 bits per heavy atom. The molecular weight excluding hydrogens is 388 g/mol. The number of carbonyl (C=O) groups excluding carboxylic acids is 1. The van der Waals surface area contributed by atoms with Crippen LogP contribution in [0.2, 0.25) is 0 Å². The first-order valence-electron chi connectivity index (χ1n) is 10.7. The number of ether oxygens (including phenoxy) is 2. The van der Waals surface area contributed by atoms with Crippen molar-refractivity contribution in [3.63, 3.8) is 0 Å². The van der Waals surface area contributed by atoms with Crippen LogP contribution in [0.25, 0.3) is 10.8 Å². The van der Waals surface area contributed by atoms with Crippen LogP contribution in [-0.2, 0) is 17.9 Å². The molecule has 5 heteroatoms. The van der Waals surface area contributed by atoms with Crippen LogP contribution in [0.15, 0.2) is 60.7 Å². The van der Waals surface area contributed by atoms with E-state index in [2.05, 4.69) is 35.2 Å².